The summed E-state index contributed by atoms with van der Waals surface area (Å²) in [5, 5.41) is 1.62. The molecule has 7 heteroatoms. The number of primary amides is 1. The monoisotopic (exact) mass is 348 g/mol. The van der Waals surface area contributed by atoms with E-state index >= 15 is 0 Å². The van der Waals surface area contributed by atoms with Crippen molar-refractivity contribution < 1.29 is 18.0 Å². The first-order valence-electron chi connectivity index (χ1n) is 7.63. The molecule has 6 nitrogen and oxygen atoms in total. The van der Waals surface area contributed by atoms with Crippen LogP contribution in [0, 0.1) is 5.41 Å². The van der Waals surface area contributed by atoms with Crippen LogP contribution in [0.2, 0.25) is 0 Å². The van der Waals surface area contributed by atoms with E-state index in [-0.39, 0.29) is 17.7 Å². The molecule has 0 aromatic heterocycles. The fraction of sp³-hybridized carbons (Fsp3) is 0.294. The first-order chi connectivity index (χ1) is 11.3. The number of hydrogen-bond donors (Lipinski definition) is 2. The van der Waals surface area contributed by atoms with Crippen LogP contribution in [-0.4, -0.2) is 20.2 Å². The van der Waals surface area contributed by atoms with Gasteiger partial charge in [-0.15, -0.1) is 0 Å². The quantitative estimate of drug-likeness (QED) is 0.778. The highest BCUT2D eigenvalue weighted by atomic mass is 32.2. The number of amides is 2. The lowest BCUT2D eigenvalue weighted by Gasteiger charge is -2.26. The molecule has 2 rings (SSSR count). The van der Waals surface area contributed by atoms with E-state index < -0.39 is 27.3 Å². The number of benzene rings is 2. The molecule has 0 fully saturated rings. The molecule has 3 N–H and O–H groups in total. The zero-order chi connectivity index (χ0) is 18.0. The van der Waals surface area contributed by atoms with Crippen molar-refractivity contribution in [2.45, 2.75) is 31.6 Å². The molecule has 2 aromatic carbocycles. The highest BCUT2D eigenvalue weighted by Gasteiger charge is 2.42. The van der Waals surface area contributed by atoms with Crippen LogP contribution < -0.4 is 10.5 Å². The molecule has 2 aromatic rings. The van der Waals surface area contributed by atoms with E-state index in [0.717, 1.165) is 10.8 Å². The minimum Gasteiger partial charge on any atom is -0.369 e. The first kappa shape index (κ1) is 17.9. The van der Waals surface area contributed by atoms with Crippen molar-refractivity contribution in [1.82, 2.24) is 4.72 Å². The third kappa shape index (κ3) is 3.12. The number of hydrogen-bond acceptors (Lipinski definition) is 4. The van der Waals surface area contributed by atoms with Gasteiger partial charge in [0.2, 0.25) is 11.8 Å². The molecule has 0 bridgehead atoms. The van der Waals surface area contributed by atoms with E-state index in [1.165, 1.54) is 12.1 Å². The lowest BCUT2D eigenvalue weighted by Crippen LogP contribution is -2.50. The van der Waals surface area contributed by atoms with Gasteiger partial charge in [-0.25, -0.2) is 13.1 Å². The largest absolute Gasteiger partial charge is 0.369 e. The molecule has 0 unspecified atom stereocenters. The van der Waals surface area contributed by atoms with Crippen LogP contribution in [0.15, 0.2) is 47.4 Å². The average molecular weight is 348 g/mol. The van der Waals surface area contributed by atoms with Gasteiger partial charge in [-0.1, -0.05) is 44.2 Å². The van der Waals surface area contributed by atoms with Gasteiger partial charge in [-0.05, 0) is 35.7 Å². The lowest BCUT2D eigenvalue weighted by molar-refractivity contribution is -0.141. The van der Waals surface area contributed by atoms with E-state index in [2.05, 4.69) is 0 Å². The smallest absolute Gasteiger partial charge is 0.264 e. The minimum absolute atomic E-state index is 0.0415. The van der Waals surface area contributed by atoms with E-state index in [9.17, 15) is 18.0 Å². The zero-order valence-corrected chi connectivity index (χ0v) is 14.4. The van der Waals surface area contributed by atoms with Gasteiger partial charge in [0.15, 0.2) is 0 Å². The molecular weight excluding hydrogens is 328 g/mol. The summed E-state index contributed by atoms with van der Waals surface area (Å²) in [5.41, 5.74) is 3.79. The second-order valence-corrected chi connectivity index (χ2v) is 7.28. The lowest BCUT2D eigenvalue weighted by atomic mass is 9.81. The summed E-state index contributed by atoms with van der Waals surface area (Å²) < 4.78 is 27.0. The van der Waals surface area contributed by atoms with Crippen LogP contribution in [-0.2, 0) is 19.6 Å². The Kier molecular flexibility index (Phi) is 4.94. The number of fused-ring (bicyclic) bond motifs is 1. The van der Waals surface area contributed by atoms with Gasteiger partial charge >= 0.3 is 0 Å². The predicted octanol–water partition coefficient (Wildman–Crippen LogP) is 1.94. The number of sulfonamides is 1. The second kappa shape index (κ2) is 6.60. The van der Waals surface area contributed by atoms with Crippen molar-refractivity contribution in [3.05, 3.63) is 42.5 Å². The molecule has 0 aliphatic carbocycles. The molecule has 0 saturated carbocycles. The van der Waals surface area contributed by atoms with Crippen molar-refractivity contribution in [3.63, 3.8) is 0 Å². The Balaban J connectivity index is 2.39. The van der Waals surface area contributed by atoms with Crippen LogP contribution in [0.1, 0.15) is 26.7 Å². The number of nitrogens with one attached hydrogen (secondary N) is 1. The van der Waals surface area contributed by atoms with E-state index in [1.807, 2.05) is 16.9 Å². The van der Waals surface area contributed by atoms with Crippen LogP contribution in [0.3, 0.4) is 0 Å². The molecule has 24 heavy (non-hydrogen) atoms. The summed E-state index contributed by atoms with van der Waals surface area (Å²) in [6.07, 6.45) is 0.246. The third-order valence-corrected chi connectivity index (χ3v) is 5.70. The molecule has 0 saturated heterocycles. The second-order valence-electron chi connectivity index (χ2n) is 5.60. The summed E-state index contributed by atoms with van der Waals surface area (Å²) >= 11 is 0. The number of nitrogens with two attached hydrogens (primary N) is 1. The molecule has 0 atom stereocenters. The fourth-order valence-corrected chi connectivity index (χ4v) is 3.73. The van der Waals surface area contributed by atoms with Crippen molar-refractivity contribution in [2.75, 3.05) is 0 Å². The van der Waals surface area contributed by atoms with Gasteiger partial charge in [-0.3, -0.25) is 9.59 Å². The topological polar surface area (TPSA) is 106 Å². The van der Waals surface area contributed by atoms with E-state index in [1.54, 1.807) is 32.0 Å². The van der Waals surface area contributed by atoms with Gasteiger partial charge in [0, 0.05) is 0 Å². The third-order valence-electron chi connectivity index (χ3n) is 4.37. The maximum Gasteiger partial charge on any atom is 0.264 e. The summed E-state index contributed by atoms with van der Waals surface area (Å²) in [5.74, 6) is -1.73. The Morgan fingerprint density at radius 3 is 2.17 bits per heavy atom. The number of carbonyl (C=O) groups excluding carboxylic acids is 2. The highest BCUT2D eigenvalue weighted by Crippen LogP contribution is 2.27. The normalized spacial score (nSPS) is 12.1. The van der Waals surface area contributed by atoms with Gasteiger partial charge in [0.25, 0.3) is 10.0 Å². The van der Waals surface area contributed by atoms with Crippen molar-refractivity contribution >= 4 is 32.6 Å². The van der Waals surface area contributed by atoms with Crippen molar-refractivity contribution in [2.24, 2.45) is 11.1 Å². The number of rotatable bonds is 6. The standard InChI is InChI=1S/C17H20N2O4S/c1-3-17(4-2,15(18)20)16(21)19-24(22,23)14-10-9-12-7-5-6-8-13(12)11-14/h5-11H,3-4H2,1-2H3,(H2,18,20)(H,19,21). The minimum atomic E-state index is -4.10. The van der Waals surface area contributed by atoms with E-state index in [0.29, 0.717) is 0 Å². The molecule has 0 heterocycles. The van der Waals surface area contributed by atoms with Crippen LogP contribution in [0.5, 0.6) is 0 Å². The Morgan fingerprint density at radius 2 is 1.62 bits per heavy atom. The SMILES string of the molecule is CCC(CC)(C(N)=O)C(=O)NS(=O)(=O)c1ccc2ccccc2c1. The average Bonchev–Trinajstić information content (AvgIpc) is 2.55. The van der Waals surface area contributed by atoms with Gasteiger partial charge in [-0.2, -0.15) is 0 Å². The molecule has 0 aliphatic heterocycles. The summed E-state index contributed by atoms with van der Waals surface area (Å²) in [6, 6.07) is 11.8. The predicted molar refractivity (Wildman–Crippen MR) is 91.5 cm³/mol. The van der Waals surface area contributed by atoms with Crippen LogP contribution >= 0.6 is 0 Å². The highest BCUT2D eigenvalue weighted by molar-refractivity contribution is 7.90. The van der Waals surface area contributed by atoms with Gasteiger partial charge < -0.3 is 5.73 Å². The van der Waals surface area contributed by atoms with Crippen molar-refractivity contribution in [3.8, 4) is 0 Å². The molecule has 0 radical (unpaired) electrons. The van der Waals surface area contributed by atoms with Crippen molar-refractivity contribution in [1.29, 1.82) is 0 Å². The Labute approximate surface area is 141 Å². The molecule has 0 spiro atoms. The summed E-state index contributed by atoms with van der Waals surface area (Å²) in [6.45, 7) is 3.24. The van der Waals surface area contributed by atoms with Gasteiger partial charge in [0.05, 0.1) is 4.90 Å². The summed E-state index contributed by atoms with van der Waals surface area (Å²) in [7, 11) is -4.10. The molecule has 0 aliphatic rings. The van der Waals surface area contributed by atoms with E-state index in [4.69, 9.17) is 5.73 Å². The Bertz CT molecular complexity index is 886. The first-order valence-corrected chi connectivity index (χ1v) is 9.11. The molecule has 128 valence electrons. The maximum atomic E-state index is 12.5. The molecule has 2 amide bonds. The van der Waals surface area contributed by atoms with Crippen LogP contribution in [0.4, 0.5) is 0 Å². The molecular formula is C17H20N2O4S. The Morgan fingerprint density at radius 1 is 1.04 bits per heavy atom. The Hall–Kier alpha value is -2.41. The number of carbonyl (C=O) groups is 2. The van der Waals surface area contributed by atoms with Gasteiger partial charge in [0.1, 0.15) is 5.41 Å². The maximum absolute atomic E-state index is 12.5. The van der Waals surface area contributed by atoms with Crippen LogP contribution in [0.25, 0.3) is 10.8 Å². The zero-order valence-electron chi connectivity index (χ0n) is 13.6. The fourth-order valence-electron chi connectivity index (χ4n) is 2.64. The summed E-state index contributed by atoms with van der Waals surface area (Å²) in [4.78, 5) is 24.1.